The lowest BCUT2D eigenvalue weighted by Gasteiger charge is -2.30. The molecule has 0 spiro atoms. The highest BCUT2D eigenvalue weighted by Crippen LogP contribution is 2.33. The minimum Gasteiger partial charge on any atom is -0.324 e. The lowest BCUT2D eigenvalue weighted by molar-refractivity contribution is 0.278. The van der Waals surface area contributed by atoms with Crippen LogP contribution >= 0.6 is 0 Å². The largest absolute Gasteiger partial charge is 0.324 e. The van der Waals surface area contributed by atoms with Crippen molar-refractivity contribution < 1.29 is 0 Å². The van der Waals surface area contributed by atoms with Gasteiger partial charge in [0, 0.05) is 6.04 Å². The number of benzene rings is 1. The van der Waals surface area contributed by atoms with Crippen molar-refractivity contribution in [2.45, 2.75) is 33.2 Å². The highest BCUT2D eigenvalue weighted by atomic mass is 14.7. The van der Waals surface area contributed by atoms with E-state index in [1.807, 2.05) is 18.2 Å². The molecule has 0 aliphatic carbocycles. The average Bonchev–Trinajstić information content (AvgIpc) is 2.18. The Morgan fingerprint density at radius 1 is 1.54 bits per heavy atom. The summed E-state index contributed by atoms with van der Waals surface area (Å²) in [5, 5.41) is 0. The van der Waals surface area contributed by atoms with E-state index < -0.39 is 0 Å². The van der Waals surface area contributed by atoms with Crippen molar-refractivity contribution in [2.24, 2.45) is 11.1 Å². The fourth-order valence-electron chi connectivity index (χ4n) is 1.27. The maximum Gasteiger partial charge on any atom is 0.0346 e. The highest BCUT2D eigenvalue weighted by Gasteiger charge is 2.25. The van der Waals surface area contributed by atoms with Gasteiger partial charge in [-0.15, -0.1) is 0 Å². The zero-order valence-electron chi connectivity index (χ0n) is 8.67. The van der Waals surface area contributed by atoms with Crippen molar-refractivity contribution in [3.63, 3.8) is 0 Å². The molecule has 13 heavy (non-hydrogen) atoms. The van der Waals surface area contributed by atoms with Crippen LogP contribution < -0.4 is 5.73 Å². The molecule has 2 N–H and O–H groups in total. The molecule has 0 saturated carbocycles. The van der Waals surface area contributed by atoms with Crippen LogP contribution in [-0.2, 0) is 0 Å². The van der Waals surface area contributed by atoms with Crippen LogP contribution in [0.15, 0.2) is 24.3 Å². The van der Waals surface area contributed by atoms with E-state index >= 15 is 0 Å². The molecule has 0 amide bonds. The number of nitrogens with two attached hydrogens (primary N) is 1. The second-order valence-electron chi connectivity index (χ2n) is 4.16. The molecular weight excluding hydrogens is 158 g/mol. The number of hydrogen-bond acceptors (Lipinski definition) is 1. The van der Waals surface area contributed by atoms with Gasteiger partial charge in [-0.2, -0.15) is 0 Å². The van der Waals surface area contributed by atoms with E-state index in [4.69, 9.17) is 5.73 Å². The van der Waals surface area contributed by atoms with Crippen LogP contribution in [0.2, 0.25) is 0 Å². The summed E-state index contributed by atoms with van der Waals surface area (Å²) in [6, 6.07) is 11.1. The second-order valence-corrected chi connectivity index (χ2v) is 4.16. The van der Waals surface area contributed by atoms with E-state index in [2.05, 4.69) is 32.9 Å². The van der Waals surface area contributed by atoms with Crippen molar-refractivity contribution >= 4 is 0 Å². The second kappa shape index (κ2) is 3.93. The van der Waals surface area contributed by atoms with E-state index in [9.17, 15) is 0 Å². The van der Waals surface area contributed by atoms with Gasteiger partial charge in [-0.05, 0) is 29.5 Å². The summed E-state index contributed by atoms with van der Waals surface area (Å²) in [5.41, 5.74) is 7.50. The summed E-state index contributed by atoms with van der Waals surface area (Å²) >= 11 is 0. The molecule has 1 radical (unpaired) electrons. The van der Waals surface area contributed by atoms with Crippen LogP contribution in [0.25, 0.3) is 0 Å². The SMILES string of the molecule is CCC(C)(C)C(N)c1c[c]ccc1. The van der Waals surface area contributed by atoms with E-state index in [-0.39, 0.29) is 11.5 Å². The zero-order chi connectivity index (χ0) is 9.90. The number of hydrogen-bond donors (Lipinski definition) is 1. The summed E-state index contributed by atoms with van der Waals surface area (Å²) in [6.45, 7) is 6.57. The third-order valence-corrected chi connectivity index (χ3v) is 2.84. The van der Waals surface area contributed by atoms with Crippen molar-refractivity contribution in [1.29, 1.82) is 0 Å². The molecule has 1 atom stereocenters. The van der Waals surface area contributed by atoms with Gasteiger partial charge in [-0.3, -0.25) is 0 Å². The van der Waals surface area contributed by atoms with Crippen molar-refractivity contribution in [3.05, 3.63) is 35.9 Å². The molecule has 0 bridgehead atoms. The Morgan fingerprint density at radius 3 is 2.69 bits per heavy atom. The third kappa shape index (κ3) is 2.31. The Kier molecular flexibility index (Phi) is 3.10. The van der Waals surface area contributed by atoms with Crippen LogP contribution in [0.1, 0.15) is 38.8 Å². The molecule has 1 heteroatoms. The quantitative estimate of drug-likeness (QED) is 0.753. The van der Waals surface area contributed by atoms with Gasteiger partial charge in [0.15, 0.2) is 0 Å². The Labute approximate surface area is 81.0 Å². The monoisotopic (exact) mass is 176 g/mol. The van der Waals surface area contributed by atoms with Crippen LogP contribution in [0.3, 0.4) is 0 Å². The maximum absolute atomic E-state index is 6.16. The molecule has 71 valence electrons. The minimum atomic E-state index is 0.106. The first-order valence-corrected chi connectivity index (χ1v) is 4.79. The topological polar surface area (TPSA) is 26.0 Å². The van der Waals surface area contributed by atoms with Gasteiger partial charge in [-0.1, -0.05) is 39.0 Å². The van der Waals surface area contributed by atoms with E-state index in [1.54, 1.807) is 0 Å². The first kappa shape index (κ1) is 10.3. The standard InChI is InChI=1S/C12H18N/c1-4-12(2,3)11(13)10-8-6-5-7-9-10/h5-6,8-9,11H,4,13H2,1-3H3. The minimum absolute atomic E-state index is 0.106. The van der Waals surface area contributed by atoms with Gasteiger partial charge < -0.3 is 5.73 Å². The summed E-state index contributed by atoms with van der Waals surface area (Å²) < 4.78 is 0. The molecule has 1 nitrogen and oxygen atoms in total. The molecule has 1 aromatic rings. The van der Waals surface area contributed by atoms with Crippen molar-refractivity contribution in [3.8, 4) is 0 Å². The van der Waals surface area contributed by atoms with Gasteiger partial charge in [0.05, 0.1) is 0 Å². The first-order chi connectivity index (χ1) is 6.08. The average molecular weight is 176 g/mol. The van der Waals surface area contributed by atoms with Gasteiger partial charge >= 0.3 is 0 Å². The summed E-state index contributed by atoms with van der Waals surface area (Å²) in [5.74, 6) is 0. The van der Waals surface area contributed by atoms with Crippen LogP contribution in [0, 0.1) is 11.5 Å². The third-order valence-electron chi connectivity index (χ3n) is 2.84. The Balaban J connectivity index is 2.85. The Bertz CT molecular complexity index is 251. The van der Waals surface area contributed by atoms with E-state index in [1.165, 1.54) is 5.56 Å². The van der Waals surface area contributed by atoms with Gasteiger partial charge in [0.1, 0.15) is 0 Å². The van der Waals surface area contributed by atoms with Crippen LogP contribution in [-0.4, -0.2) is 0 Å². The van der Waals surface area contributed by atoms with Gasteiger partial charge in [0.25, 0.3) is 0 Å². The van der Waals surface area contributed by atoms with E-state index in [0.717, 1.165) is 6.42 Å². The normalized spacial score (nSPS) is 14.2. The molecule has 1 aromatic carbocycles. The predicted octanol–water partition coefficient (Wildman–Crippen LogP) is 2.92. The number of rotatable bonds is 3. The Hall–Kier alpha value is -0.820. The fraction of sp³-hybridized carbons (Fsp3) is 0.500. The molecule has 0 fully saturated rings. The summed E-state index contributed by atoms with van der Waals surface area (Å²) in [4.78, 5) is 0. The lowest BCUT2D eigenvalue weighted by Crippen LogP contribution is -2.28. The molecule has 0 aromatic heterocycles. The van der Waals surface area contributed by atoms with Crippen molar-refractivity contribution in [2.75, 3.05) is 0 Å². The molecule has 0 aliphatic rings. The van der Waals surface area contributed by atoms with Crippen LogP contribution in [0.5, 0.6) is 0 Å². The summed E-state index contributed by atoms with van der Waals surface area (Å²) in [6.07, 6.45) is 1.09. The zero-order valence-corrected chi connectivity index (χ0v) is 8.67. The molecule has 0 saturated heterocycles. The van der Waals surface area contributed by atoms with Crippen LogP contribution in [0.4, 0.5) is 0 Å². The highest BCUT2D eigenvalue weighted by molar-refractivity contribution is 5.19. The fourth-order valence-corrected chi connectivity index (χ4v) is 1.27. The molecule has 0 aliphatic heterocycles. The molecule has 0 heterocycles. The van der Waals surface area contributed by atoms with Crippen molar-refractivity contribution in [1.82, 2.24) is 0 Å². The lowest BCUT2D eigenvalue weighted by atomic mass is 9.79. The smallest absolute Gasteiger partial charge is 0.0346 e. The van der Waals surface area contributed by atoms with Gasteiger partial charge in [-0.25, -0.2) is 0 Å². The summed E-state index contributed by atoms with van der Waals surface area (Å²) in [7, 11) is 0. The maximum atomic E-state index is 6.16. The predicted molar refractivity (Wildman–Crippen MR) is 56.3 cm³/mol. The first-order valence-electron chi connectivity index (χ1n) is 4.79. The van der Waals surface area contributed by atoms with Gasteiger partial charge in [0.2, 0.25) is 0 Å². The van der Waals surface area contributed by atoms with E-state index in [0.29, 0.717) is 0 Å². The molecular formula is C12H18N. The molecule has 1 rings (SSSR count). The Morgan fingerprint density at radius 2 is 2.23 bits per heavy atom. The molecule has 1 unspecified atom stereocenters.